The highest BCUT2D eigenvalue weighted by Crippen LogP contribution is 2.04. The van der Waals surface area contributed by atoms with Gasteiger partial charge in [-0.3, -0.25) is 4.79 Å². The third-order valence-electron chi connectivity index (χ3n) is 2.45. The molecule has 0 aliphatic heterocycles. The first-order valence-electron chi connectivity index (χ1n) is 6.24. The summed E-state index contributed by atoms with van der Waals surface area (Å²) in [6.07, 6.45) is 3.75. The molecule has 0 fully saturated rings. The zero-order valence-electron chi connectivity index (χ0n) is 11.6. The third kappa shape index (κ3) is 5.50. The van der Waals surface area contributed by atoms with Gasteiger partial charge in [-0.05, 0) is 25.0 Å². The molecule has 0 radical (unpaired) electrons. The predicted molar refractivity (Wildman–Crippen MR) is 75.8 cm³/mol. The summed E-state index contributed by atoms with van der Waals surface area (Å²) in [4.78, 5) is 15.8. The molecule has 1 aromatic rings. The molecule has 0 atom stereocenters. The van der Waals surface area contributed by atoms with E-state index in [0.29, 0.717) is 25.4 Å². The van der Waals surface area contributed by atoms with Gasteiger partial charge in [0.1, 0.15) is 17.5 Å². The molecule has 1 heterocycles. The van der Waals surface area contributed by atoms with Crippen molar-refractivity contribution in [2.24, 2.45) is 0 Å². The van der Waals surface area contributed by atoms with E-state index >= 15 is 0 Å². The number of carbonyl (C=O) groups is 1. The fraction of sp³-hybridized carbons (Fsp3) is 0.357. The van der Waals surface area contributed by atoms with E-state index in [1.807, 2.05) is 19.1 Å². The SMILES string of the molecule is COCCCNC(=O)/C(C#N)=C\Nc1ccc(C)cn1. The molecule has 20 heavy (non-hydrogen) atoms. The molecule has 106 valence electrons. The van der Waals surface area contributed by atoms with E-state index in [1.165, 1.54) is 6.20 Å². The van der Waals surface area contributed by atoms with Crippen molar-refractivity contribution in [3.8, 4) is 6.07 Å². The Morgan fingerprint density at radius 2 is 2.35 bits per heavy atom. The highest BCUT2D eigenvalue weighted by Gasteiger charge is 2.07. The minimum absolute atomic E-state index is 0.00444. The van der Waals surface area contributed by atoms with Gasteiger partial charge in [0.2, 0.25) is 0 Å². The van der Waals surface area contributed by atoms with Crippen molar-refractivity contribution >= 4 is 11.7 Å². The molecule has 0 aliphatic carbocycles. The highest BCUT2D eigenvalue weighted by atomic mass is 16.5. The van der Waals surface area contributed by atoms with Crippen LogP contribution in [0, 0.1) is 18.3 Å². The van der Waals surface area contributed by atoms with Gasteiger partial charge in [0, 0.05) is 32.7 Å². The molecule has 0 bridgehead atoms. The number of aromatic nitrogens is 1. The van der Waals surface area contributed by atoms with E-state index in [9.17, 15) is 4.79 Å². The largest absolute Gasteiger partial charge is 0.385 e. The summed E-state index contributed by atoms with van der Waals surface area (Å²) in [6.45, 7) is 2.96. The predicted octanol–water partition coefficient (Wildman–Crippen LogP) is 1.36. The number of ether oxygens (including phenoxy) is 1. The summed E-state index contributed by atoms with van der Waals surface area (Å²) in [5.41, 5.74) is 1.04. The van der Waals surface area contributed by atoms with Crippen molar-refractivity contribution in [2.45, 2.75) is 13.3 Å². The van der Waals surface area contributed by atoms with E-state index in [4.69, 9.17) is 10.00 Å². The summed E-state index contributed by atoms with van der Waals surface area (Å²) in [7, 11) is 1.60. The molecular formula is C14H18N4O2. The maximum atomic E-state index is 11.7. The third-order valence-corrected chi connectivity index (χ3v) is 2.45. The molecule has 1 amide bonds. The van der Waals surface area contributed by atoms with E-state index in [-0.39, 0.29) is 5.57 Å². The number of aryl methyl sites for hydroxylation is 1. The molecule has 6 heteroatoms. The van der Waals surface area contributed by atoms with Gasteiger partial charge in [-0.25, -0.2) is 4.98 Å². The number of hydrogen-bond acceptors (Lipinski definition) is 5. The number of carbonyl (C=O) groups excluding carboxylic acids is 1. The molecule has 0 saturated carbocycles. The Kier molecular flexibility index (Phi) is 6.79. The topological polar surface area (TPSA) is 87.0 Å². The van der Waals surface area contributed by atoms with Crippen molar-refractivity contribution in [1.29, 1.82) is 5.26 Å². The average Bonchev–Trinajstić information content (AvgIpc) is 2.46. The van der Waals surface area contributed by atoms with Crippen molar-refractivity contribution in [1.82, 2.24) is 10.3 Å². The smallest absolute Gasteiger partial charge is 0.263 e. The fourth-order valence-corrected chi connectivity index (χ4v) is 1.36. The number of methoxy groups -OCH3 is 1. The zero-order chi connectivity index (χ0) is 14.8. The number of anilines is 1. The van der Waals surface area contributed by atoms with Crippen LogP contribution in [-0.2, 0) is 9.53 Å². The number of nitrogens with zero attached hydrogens (tertiary/aromatic N) is 2. The maximum Gasteiger partial charge on any atom is 0.263 e. The first kappa shape index (κ1) is 15.7. The molecule has 0 aliphatic rings. The Labute approximate surface area is 118 Å². The number of hydrogen-bond donors (Lipinski definition) is 2. The number of rotatable bonds is 7. The van der Waals surface area contributed by atoms with Crippen molar-refractivity contribution in [3.63, 3.8) is 0 Å². The lowest BCUT2D eigenvalue weighted by atomic mass is 10.3. The lowest BCUT2D eigenvalue weighted by molar-refractivity contribution is -0.117. The standard InChI is InChI=1S/C14H18N4O2/c1-11-4-5-13(17-9-11)18-10-12(8-15)14(19)16-6-3-7-20-2/h4-5,9-10H,3,6-7H2,1-2H3,(H,16,19)(H,17,18)/b12-10-. The van der Waals surface area contributed by atoms with Crippen LogP contribution in [0.4, 0.5) is 5.82 Å². The van der Waals surface area contributed by atoms with E-state index in [1.54, 1.807) is 19.4 Å². The lowest BCUT2D eigenvalue weighted by Crippen LogP contribution is -2.26. The van der Waals surface area contributed by atoms with Gasteiger partial charge in [0.25, 0.3) is 5.91 Å². The van der Waals surface area contributed by atoms with Crippen molar-refractivity contribution < 1.29 is 9.53 Å². The van der Waals surface area contributed by atoms with Crippen LogP contribution in [0.3, 0.4) is 0 Å². The van der Waals surface area contributed by atoms with Gasteiger partial charge >= 0.3 is 0 Å². The van der Waals surface area contributed by atoms with Crippen LogP contribution in [0.2, 0.25) is 0 Å². The van der Waals surface area contributed by atoms with Crippen LogP contribution in [-0.4, -0.2) is 31.2 Å². The Bertz CT molecular complexity index is 503. The van der Waals surface area contributed by atoms with Crippen LogP contribution < -0.4 is 10.6 Å². The van der Waals surface area contributed by atoms with Crippen LogP contribution >= 0.6 is 0 Å². The first-order valence-corrected chi connectivity index (χ1v) is 6.24. The van der Waals surface area contributed by atoms with Crippen LogP contribution in [0.1, 0.15) is 12.0 Å². The quantitative estimate of drug-likeness (QED) is 0.445. The Hall–Kier alpha value is -2.39. The van der Waals surface area contributed by atoms with E-state index in [0.717, 1.165) is 5.56 Å². The fourth-order valence-electron chi connectivity index (χ4n) is 1.36. The first-order chi connectivity index (χ1) is 9.67. The normalized spacial score (nSPS) is 10.8. The Morgan fingerprint density at radius 3 is 2.95 bits per heavy atom. The molecule has 0 spiro atoms. The maximum absolute atomic E-state index is 11.7. The summed E-state index contributed by atoms with van der Waals surface area (Å²) in [6, 6.07) is 5.52. The number of nitriles is 1. The zero-order valence-corrected chi connectivity index (χ0v) is 11.6. The van der Waals surface area contributed by atoms with Gasteiger partial charge in [0.05, 0.1) is 0 Å². The molecule has 1 aromatic heterocycles. The van der Waals surface area contributed by atoms with Crippen molar-refractivity contribution in [2.75, 3.05) is 25.6 Å². The monoisotopic (exact) mass is 274 g/mol. The van der Waals surface area contributed by atoms with E-state index in [2.05, 4.69) is 15.6 Å². The molecule has 0 saturated heterocycles. The van der Waals surface area contributed by atoms with Gasteiger partial charge in [-0.1, -0.05) is 6.07 Å². The number of pyridine rings is 1. The second-order valence-corrected chi connectivity index (χ2v) is 4.14. The Balaban J connectivity index is 2.52. The minimum atomic E-state index is -0.414. The molecule has 6 nitrogen and oxygen atoms in total. The summed E-state index contributed by atoms with van der Waals surface area (Å²) < 4.78 is 4.87. The van der Waals surface area contributed by atoms with Crippen LogP contribution in [0.15, 0.2) is 30.1 Å². The Morgan fingerprint density at radius 1 is 1.55 bits per heavy atom. The second-order valence-electron chi connectivity index (χ2n) is 4.14. The molecule has 0 unspecified atom stereocenters. The number of amides is 1. The molecule has 0 aromatic carbocycles. The van der Waals surface area contributed by atoms with Gasteiger partial charge in [0.15, 0.2) is 0 Å². The lowest BCUT2D eigenvalue weighted by Gasteiger charge is -2.04. The summed E-state index contributed by atoms with van der Waals surface area (Å²) >= 11 is 0. The molecule has 1 rings (SSSR count). The van der Waals surface area contributed by atoms with E-state index < -0.39 is 5.91 Å². The van der Waals surface area contributed by atoms with Crippen LogP contribution in [0.25, 0.3) is 0 Å². The molecular weight excluding hydrogens is 256 g/mol. The minimum Gasteiger partial charge on any atom is -0.385 e. The highest BCUT2D eigenvalue weighted by molar-refractivity contribution is 5.97. The number of nitrogens with one attached hydrogen (secondary N) is 2. The summed E-state index contributed by atoms with van der Waals surface area (Å²) in [5, 5.41) is 14.4. The average molecular weight is 274 g/mol. The summed E-state index contributed by atoms with van der Waals surface area (Å²) in [5.74, 6) is 0.166. The van der Waals surface area contributed by atoms with Gasteiger partial charge < -0.3 is 15.4 Å². The van der Waals surface area contributed by atoms with Gasteiger partial charge in [-0.2, -0.15) is 5.26 Å². The van der Waals surface area contributed by atoms with Crippen molar-refractivity contribution in [3.05, 3.63) is 35.7 Å². The molecule has 2 N–H and O–H groups in total. The van der Waals surface area contributed by atoms with Gasteiger partial charge in [-0.15, -0.1) is 0 Å². The second kappa shape index (κ2) is 8.67. The van der Waals surface area contributed by atoms with Crippen LogP contribution in [0.5, 0.6) is 0 Å².